The Morgan fingerprint density at radius 3 is 2.59 bits per heavy atom. The van der Waals surface area contributed by atoms with Gasteiger partial charge in [0.25, 0.3) is 0 Å². The van der Waals surface area contributed by atoms with Crippen LogP contribution in [0.3, 0.4) is 0 Å². The van der Waals surface area contributed by atoms with E-state index in [1.165, 1.54) is 0 Å². The Balaban J connectivity index is 1.73. The molecule has 140 valence electrons. The number of para-hydroxylation sites is 2. The SMILES string of the molecule is C=CCn1c(COc2ccccc2OC)nnc1SCc1ccccc1Cl. The highest BCUT2D eigenvalue weighted by Gasteiger charge is 2.14. The number of methoxy groups -OCH3 is 1. The lowest BCUT2D eigenvalue weighted by Crippen LogP contribution is -2.08. The Kier molecular flexibility index (Phi) is 6.79. The molecule has 0 amide bonds. The summed E-state index contributed by atoms with van der Waals surface area (Å²) in [7, 11) is 1.62. The van der Waals surface area contributed by atoms with Gasteiger partial charge in [-0.25, -0.2) is 0 Å². The van der Waals surface area contributed by atoms with E-state index in [2.05, 4.69) is 16.8 Å². The predicted octanol–water partition coefficient (Wildman–Crippen LogP) is 5.00. The van der Waals surface area contributed by atoms with Gasteiger partial charge in [-0.05, 0) is 23.8 Å². The normalized spacial score (nSPS) is 10.6. The fourth-order valence-corrected chi connectivity index (χ4v) is 3.74. The lowest BCUT2D eigenvalue weighted by molar-refractivity contribution is 0.271. The molecule has 0 atom stereocenters. The van der Waals surface area contributed by atoms with Crippen LogP contribution in [0.4, 0.5) is 0 Å². The second-order valence-electron chi connectivity index (χ2n) is 5.62. The highest BCUT2D eigenvalue weighted by atomic mass is 35.5. The van der Waals surface area contributed by atoms with Gasteiger partial charge in [-0.15, -0.1) is 16.8 Å². The molecule has 0 aliphatic carbocycles. The number of ether oxygens (including phenoxy) is 2. The number of thioether (sulfide) groups is 1. The minimum absolute atomic E-state index is 0.286. The highest BCUT2D eigenvalue weighted by molar-refractivity contribution is 7.98. The van der Waals surface area contributed by atoms with Crippen molar-refractivity contribution < 1.29 is 9.47 Å². The molecule has 7 heteroatoms. The van der Waals surface area contributed by atoms with Gasteiger partial charge in [-0.2, -0.15) is 0 Å². The molecule has 0 aliphatic rings. The Labute approximate surface area is 168 Å². The minimum atomic E-state index is 0.286. The van der Waals surface area contributed by atoms with Crippen molar-refractivity contribution in [3.63, 3.8) is 0 Å². The summed E-state index contributed by atoms with van der Waals surface area (Å²) >= 11 is 7.82. The quantitative estimate of drug-likeness (QED) is 0.373. The molecule has 5 nitrogen and oxygen atoms in total. The van der Waals surface area contributed by atoms with Gasteiger partial charge in [0.2, 0.25) is 0 Å². The Morgan fingerprint density at radius 1 is 1.11 bits per heavy atom. The average molecular weight is 402 g/mol. The second-order valence-corrected chi connectivity index (χ2v) is 6.97. The molecule has 0 unspecified atom stereocenters. The van der Waals surface area contributed by atoms with Gasteiger partial charge in [0, 0.05) is 17.3 Å². The lowest BCUT2D eigenvalue weighted by atomic mass is 10.2. The first kappa shape index (κ1) is 19.3. The van der Waals surface area contributed by atoms with Crippen LogP contribution >= 0.6 is 23.4 Å². The zero-order chi connectivity index (χ0) is 19.1. The van der Waals surface area contributed by atoms with Crippen LogP contribution in [0.2, 0.25) is 5.02 Å². The third-order valence-corrected chi connectivity index (χ3v) is 5.23. The average Bonchev–Trinajstić information content (AvgIpc) is 3.08. The summed E-state index contributed by atoms with van der Waals surface area (Å²) in [5.41, 5.74) is 1.06. The van der Waals surface area contributed by atoms with Crippen LogP contribution in [0.5, 0.6) is 11.5 Å². The number of nitrogens with zero attached hydrogens (tertiary/aromatic N) is 3. The molecule has 1 aromatic heterocycles. The van der Waals surface area contributed by atoms with E-state index in [0.29, 0.717) is 23.8 Å². The molecule has 2 aromatic carbocycles. The van der Waals surface area contributed by atoms with E-state index in [1.807, 2.05) is 59.2 Å². The Morgan fingerprint density at radius 2 is 1.85 bits per heavy atom. The zero-order valence-electron chi connectivity index (χ0n) is 15.0. The van der Waals surface area contributed by atoms with Crippen LogP contribution in [0.1, 0.15) is 11.4 Å². The van der Waals surface area contributed by atoms with Gasteiger partial charge in [0.05, 0.1) is 7.11 Å². The number of hydrogen-bond acceptors (Lipinski definition) is 5. The fourth-order valence-electron chi connectivity index (χ4n) is 2.48. The molecule has 0 radical (unpaired) electrons. The smallest absolute Gasteiger partial charge is 0.191 e. The standard InChI is InChI=1S/C20H20ClN3O2S/c1-3-12-24-19(13-26-18-11-7-6-10-17(18)25-2)22-23-20(24)27-14-15-8-4-5-9-16(15)21/h3-11H,1,12-14H2,2H3. The van der Waals surface area contributed by atoms with E-state index in [9.17, 15) is 0 Å². The summed E-state index contributed by atoms with van der Waals surface area (Å²) in [5, 5.41) is 10.1. The van der Waals surface area contributed by atoms with Gasteiger partial charge in [-0.3, -0.25) is 4.57 Å². The van der Waals surface area contributed by atoms with Crippen molar-refractivity contribution in [1.29, 1.82) is 0 Å². The maximum absolute atomic E-state index is 6.24. The van der Waals surface area contributed by atoms with Crippen LogP contribution in [0.15, 0.2) is 66.3 Å². The number of hydrogen-bond donors (Lipinski definition) is 0. The monoisotopic (exact) mass is 401 g/mol. The minimum Gasteiger partial charge on any atom is -0.493 e. The first-order chi connectivity index (χ1) is 13.2. The first-order valence-corrected chi connectivity index (χ1v) is 9.74. The maximum Gasteiger partial charge on any atom is 0.191 e. The van der Waals surface area contributed by atoms with Crippen molar-refractivity contribution in [2.75, 3.05) is 7.11 Å². The highest BCUT2D eigenvalue weighted by Crippen LogP contribution is 2.28. The number of benzene rings is 2. The largest absolute Gasteiger partial charge is 0.493 e. The molecular formula is C20H20ClN3O2S. The van der Waals surface area contributed by atoms with Gasteiger partial charge in [0.15, 0.2) is 22.5 Å². The van der Waals surface area contributed by atoms with Gasteiger partial charge in [0.1, 0.15) is 6.61 Å². The molecule has 27 heavy (non-hydrogen) atoms. The molecule has 3 rings (SSSR count). The first-order valence-electron chi connectivity index (χ1n) is 8.38. The fraction of sp³-hybridized carbons (Fsp3) is 0.200. The molecule has 0 saturated carbocycles. The molecule has 3 aromatic rings. The summed E-state index contributed by atoms with van der Waals surface area (Å²) < 4.78 is 13.2. The van der Waals surface area contributed by atoms with Crippen LogP contribution in [0.25, 0.3) is 0 Å². The van der Waals surface area contributed by atoms with E-state index in [4.69, 9.17) is 21.1 Å². The number of halogens is 1. The van der Waals surface area contributed by atoms with E-state index in [1.54, 1.807) is 18.9 Å². The maximum atomic E-state index is 6.24. The molecule has 0 aliphatic heterocycles. The molecule has 0 fully saturated rings. The lowest BCUT2D eigenvalue weighted by Gasteiger charge is -2.11. The van der Waals surface area contributed by atoms with E-state index in [0.717, 1.165) is 21.6 Å². The summed E-state index contributed by atoms with van der Waals surface area (Å²) in [4.78, 5) is 0. The topological polar surface area (TPSA) is 49.2 Å². The summed E-state index contributed by atoms with van der Waals surface area (Å²) in [6.07, 6.45) is 1.81. The molecule has 1 heterocycles. The van der Waals surface area contributed by atoms with Gasteiger partial charge < -0.3 is 9.47 Å². The van der Waals surface area contributed by atoms with Crippen LogP contribution in [-0.4, -0.2) is 21.9 Å². The van der Waals surface area contributed by atoms with Gasteiger partial charge >= 0.3 is 0 Å². The molecule has 0 bridgehead atoms. The zero-order valence-corrected chi connectivity index (χ0v) is 16.5. The van der Waals surface area contributed by atoms with Crippen molar-refractivity contribution in [1.82, 2.24) is 14.8 Å². The van der Waals surface area contributed by atoms with Crippen LogP contribution < -0.4 is 9.47 Å². The summed E-state index contributed by atoms with van der Waals surface area (Å²) in [6.45, 7) is 4.71. The van der Waals surface area contributed by atoms with Crippen molar-refractivity contribution in [2.45, 2.75) is 24.1 Å². The predicted molar refractivity (Wildman–Crippen MR) is 109 cm³/mol. The number of allylic oxidation sites excluding steroid dienone is 1. The second kappa shape index (κ2) is 9.48. The van der Waals surface area contributed by atoms with E-state index in [-0.39, 0.29) is 6.61 Å². The van der Waals surface area contributed by atoms with Crippen molar-refractivity contribution >= 4 is 23.4 Å². The van der Waals surface area contributed by atoms with E-state index < -0.39 is 0 Å². The van der Waals surface area contributed by atoms with Crippen LogP contribution in [-0.2, 0) is 18.9 Å². The molecule has 0 spiro atoms. The number of rotatable bonds is 9. The Bertz CT molecular complexity index is 914. The molecular weight excluding hydrogens is 382 g/mol. The van der Waals surface area contributed by atoms with Crippen molar-refractivity contribution in [2.24, 2.45) is 0 Å². The van der Waals surface area contributed by atoms with E-state index >= 15 is 0 Å². The van der Waals surface area contributed by atoms with Crippen molar-refractivity contribution in [3.05, 3.63) is 77.6 Å². The van der Waals surface area contributed by atoms with Crippen LogP contribution in [0, 0.1) is 0 Å². The third kappa shape index (κ3) is 4.84. The Hall–Kier alpha value is -2.44. The molecule has 0 N–H and O–H groups in total. The van der Waals surface area contributed by atoms with Gasteiger partial charge in [-0.1, -0.05) is 59.8 Å². The summed E-state index contributed by atoms with van der Waals surface area (Å²) in [6, 6.07) is 15.3. The third-order valence-electron chi connectivity index (χ3n) is 3.85. The summed E-state index contributed by atoms with van der Waals surface area (Å²) in [5.74, 6) is 2.78. The molecule has 0 saturated heterocycles. The number of aromatic nitrogens is 3. The van der Waals surface area contributed by atoms with Crippen molar-refractivity contribution in [3.8, 4) is 11.5 Å².